The van der Waals surface area contributed by atoms with Crippen LogP contribution in [0.25, 0.3) is 0 Å². The Morgan fingerprint density at radius 3 is 0.581 bits per heavy atom. The third-order valence-corrected chi connectivity index (χ3v) is 55.0. The summed E-state index contributed by atoms with van der Waals surface area (Å²) in [7, 11) is -7.33. The van der Waals surface area contributed by atoms with Crippen LogP contribution in [0.1, 0.15) is 0 Å². The van der Waals surface area contributed by atoms with E-state index in [2.05, 4.69) is 202 Å². The summed E-state index contributed by atoms with van der Waals surface area (Å²) in [6.07, 6.45) is 0. The standard InChI is InChI=1S/C39H39PSi3/c1-41(2,3)40(42(34-22-10-4-11-23-34,35-24-12-5-13-25-35)36-26-14-6-15-27-36)43(37-28-16-7-17-29-37,38-30-18-8-19-31-38)39-32-20-9-21-33-39/h4-33H,1-3H3. The number of rotatable bonds is 9. The van der Waals surface area contributed by atoms with Crippen LogP contribution in [0.4, 0.5) is 0 Å². The second kappa shape index (κ2) is 12.6. The zero-order chi connectivity index (χ0) is 29.8. The molecule has 0 saturated heterocycles. The lowest BCUT2D eigenvalue weighted by molar-refractivity contribution is 1.69. The first-order valence-corrected chi connectivity index (χ1v) is 26.5. The van der Waals surface area contributed by atoms with Gasteiger partial charge in [0.15, 0.2) is 15.5 Å². The normalized spacial score (nSPS) is 12.3. The van der Waals surface area contributed by atoms with Gasteiger partial charge in [-0.2, -0.15) is 0 Å². The molecule has 0 fully saturated rings. The molecular formula is C39H39PSi3. The van der Waals surface area contributed by atoms with Crippen molar-refractivity contribution >= 4 is 60.9 Å². The molecule has 0 aliphatic carbocycles. The lowest BCUT2D eigenvalue weighted by Crippen LogP contribution is -2.78. The zero-order valence-electron chi connectivity index (χ0n) is 25.3. The Labute approximate surface area is 261 Å². The Bertz CT molecular complexity index is 1400. The first-order valence-electron chi connectivity index (χ1n) is 15.1. The Balaban J connectivity index is 1.90. The smallest absolute Gasteiger partial charge is 0.113 e. The summed E-state index contributed by atoms with van der Waals surface area (Å²) in [5.74, 6) is 0. The van der Waals surface area contributed by atoms with Crippen molar-refractivity contribution in [3.05, 3.63) is 182 Å². The van der Waals surface area contributed by atoms with Gasteiger partial charge in [0.2, 0.25) is 0 Å². The van der Waals surface area contributed by atoms with Crippen molar-refractivity contribution in [1.82, 2.24) is 0 Å². The Kier molecular flexibility index (Phi) is 8.61. The molecule has 6 aromatic carbocycles. The molecule has 0 spiro atoms. The Morgan fingerprint density at radius 2 is 0.442 bits per heavy atom. The molecule has 0 amide bonds. The Morgan fingerprint density at radius 1 is 0.279 bits per heavy atom. The molecule has 0 aliphatic heterocycles. The van der Waals surface area contributed by atoms with Crippen molar-refractivity contribution in [2.45, 2.75) is 19.6 Å². The van der Waals surface area contributed by atoms with Gasteiger partial charge in [0.25, 0.3) is 0 Å². The van der Waals surface area contributed by atoms with Gasteiger partial charge in [0.05, 0.1) is 7.74 Å². The predicted molar refractivity (Wildman–Crippen MR) is 198 cm³/mol. The molecule has 0 heterocycles. The topological polar surface area (TPSA) is 0 Å². The highest BCUT2D eigenvalue weighted by molar-refractivity contribution is 8.42. The van der Waals surface area contributed by atoms with E-state index in [-0.39, 0.29) is 0 Å². The van der Waals surface area contributed by atoms with E-state index in [0.717, 1.165) is 0 Å². The maximum atomic E-state index is 2.67. The van der Waals surface area contributed by atoms with Gasteiger partial charge in [-0.05, 0) is 31.1 Å². The molecule has 0 aliphatic rings. The molecule has 212 valence electrons. The van der Waals surface area contributed by atoms with Crippen LogP contribution in [0, 0.1) is 0 Å². The van der Waals surface area contributed by atoms with E-state index in [9.17, 15) is 0 Å². The average Bonchev–Trinajstić information content (AvgIpc) is 3.07. The van der Waals surface area contributed by atoms with E-state index in [1.54, 1.807) is 0 Å². The highest BCUT2D eigenvalue weighted by Crippen LogP contribution is 2.60. The van der Waals surface area contributed by atoms with Gasteiger partial charge in [0, 0.05) is 0 Å². The highest BCUT2D eigenvalue weighted by atomic mass is 31.8. The number of benzene rings is 6. The molecule has 6 aromatic rings. The van der Waals surface area contributed by atoms with Gasteiger partial charge in [0.1, 0.15) is 0 Å². The molecule has 0 N–H and O–H groups in total. The lowest BCUT2D eigenvalue weighted by Gasteiger charge is -2.56. The summed E-state index contributed by atoms with van der Waals surface area (Å²) >= 11 is 0. The van der Waals surface area contributed by atoms with Crippen molar-refractivity contribution in [3.63, 3.8) is 0 Å². The van der Waals surface area contributed by atoms with Crippen molar-refractivity contribution in [3.8, 4) is 0 Å². The quantitative estimate of drug-likeness (QED) is 0.0964. The number of hydrogen-bond acceptors (Lipinski definition) is 0. The summed E-state index contributed by atoms with van der Waals surface area (Å²) in [4.78, 5) is 0. The van der Waals surface area contributed by atoms with Crippen molar-refractivity contribution < 1.29 is 0 Å². The molecule has 4 heteroatoms. The summed E-state index contributed by atoms with van der Waals surface area (Å²) < 4.78 is 0. The largest absolute Gasteiger partial charge is 0.168 e. The minimum atomic E-state index is -2.68. The minimum absolute atomic E-state index is 0.638. The lowest BCUT2D eigenvalue weighted by atomic mass is 10.3. The second-order valence-electron chi connectivity index (χ2n) is 12.1. The van der Waals surface area contributed by atoms with Crippen molar-refractivity contribution in [1.29, 1.82) is 0 Å². The monoisotopic (exact) mass is 622 g/mol. The SMILES string of the molecule is C[Si](C)(C)P([Si](c1ccccc1)(c1ccccc1)c1ccccc1)[Si](c1ccccc1)(c1ccccc1)c1ccccc1. The van der Waals surface area contributed by atoms with Gasteiger partial charge in [-0.15, -0.1) is 6.57 Å². The third-order valence-electron chi connectivity index (χ3n) is 8.49. The van der Waals surface area contributed by atoms with Crippen LogP contribution in [-0.2, 0) is 0 Å². The molecule has 0 nitrogen and oxygen atoms in total. The van der Waals surface area contributed by atoms with E-state index in [1.807, 2.05) is 0 Å². The third kappa shape index (κ3) is 5.25. The summed E-state index contributed by atoms with van der Waals surface area (Å²) in [6.45, 7) is 7.38. The average molecular weight is 623 g/mol. The summed E-state index contributed by atoms with van der Waals surface area (Å²) in [6, 6.07) is 69.9. The molecule has 0 radical (unpaired) electrons. The summed E-state index contributed by atoms with van der Waals surface area (Å²) in [5.41, 5.74) is 0. The maximum absolute atomic E-state index is 2.68. The fourth-order valence-corrected chi connectivity index (χ4v) is 68.7. The first kappa shape index (κ1) is 29.5. The predicted octanol–water partition coefficient (Wildman–Crippen LogP) is 6.64. The first-order chi connectivity index (χ1) is 21.0. The van der Waals surface area contributed by atoms with Crippen LogP contribution >= 0.6 is 6.57 Å². The second-order valence-corrected chi connectivity index (χ2v) is 39.5. The van der Waals surface area contributed by atoms with Crippen molar-refractivity contribution in [2.24, 2.45) is 0 Å². The van der Waals surface area contributed by atoms with Gasteiger partial charge >= 0.3 is 0 Å². The van der Waals surface area contributed by atoms with E-state index in [0.29, 0.717) is 0 Å². The van der Waals surface area contributed by atoms with Crippen LogP contribution in [-0.4, -0.2) is 23.2 Å². The maximum Gasteiger partial charge on any atom is 0.168 e. The summed E-state index contributed by atoms with van der Waals surface area (Å²) in [5, 5.41) is 9.17. The molecule has 0 bridgehead atoms. The molecule has 43 heavy (non-hydrogen) atoms. The van der Waals surface area contributed by atoms with E-state index < -0.39 is 29.8 Å². The van der Waals surface area contributed by atoms with Gasteiger partial charge in [-0.25, -0.2) is 0 Å². The van der Waals surface area contributed by atoms with Gasteiger partial charge < -0.3 is 0 Å². The Hall–Kier alpha value is -3.60. The fourth-order valence-electron chi connectivity index (χ4n) is 7.11. The van der Waals surface area contributed by atoms with Crippen LogP contribution < -0.4 is 31.1 Å². The van der Waals surface area contributed by atoms with Gasteiger partial charge in [-0.3, -0.25) is 0 Å². The van der Waals surface area contributed by atoms with E-state index in [1.165, 1.54) is 31.1 Å². The van der Waals surface area contributed by atoms with Gasteiger partial charge in [-0.1, -0.05) is 202 Å². The molecule has 0 aromatic heterocycles. The molecular weight excluding hydrogens is 584 g/mol. The van der Waals surface area contributed by atoms with E-state index in [4.69, 9.17) is 0 Å². The minimum Gasteiger partial charge on any atom is -0.113 e. The van der Waals surface area contributed by atoms with E-state index >= 15 is 0 Å². The molecule has 0 atom stereocenters. The van der Waals surface area contributed by atoms with Crippen molar-refractivity contribution in [2.75, 3.05) is 0 Å². The fraction of sp³-hybridized carbons (Fsp3) is 0.0769. The van der Waals surface area contributed by atoms with Crippen LogP contribution in [0.15, 0.2) is 182 Å². The molecule has 0 saturated carbocycles. The molecule has 0 unspecified atom stereocenters. The number of hydrogen-bond donors (Lipinski definition) is 0. The zero-order valence-corrected chi connectivity index (χ0v) is 29.2. The van der Waals surface area contributed by atoms with Crippen LogP contribution in [0.5, 0.6) is 0 Å². The highest BCUT2D eigenvalue weighted by Gasteiger charge is 2.62. The van der Waals surface area contributed by atoms with Crippen LogP contribution in [0.3, 0.4) is 0 Å². The van der Waals surface area contributed by atoms with Crippen LogP contribution in [0.2, 0.25) is 19.6 Å². The molecule has 6 rings (SSSR count).